The first-order valence-electron chi connectivity index (χ1n) is 16.0. The van der Waals surface area contributed by atoms with Crippen LogP contribution in [0.25, 0.3) is 0 Å². The molecule has 11 heteroatoms. The average Bonchev–Trinajstić information content (AvgIpc) is 3.49. The molecule has 3 atom stereocenters. The zero-order chi connectivity index (χ0) is 35.5. The normalized spacial score (nSPS) is 16.1. The van der Waals surface area contributed by atoms with Gasteiger partial charge in [0.15, 0.2) is 6.61 Å². The topological polar surface area (TPSA) is 126 Å². The molecule has 0 radical (unpaired) electrons. The second-order valence-corrected chi connectivity index (χ2v) is 13.3. The van der Waals surface area contributed by atoms with Gasteiger partial charge in [0.05, 0.1) is 5.56 Å². The van der Waals surface area contributed by atoms with Gasteiger partial charge in [-0.1, -0.05) is 57.4 Å². The van der Waals surface area contributed by atoms with Crippen LogP contribution in [0.3, 0.4) is 0 Å². The second kappa shape index (κ2) is 17.5. The number of para-hydroxylation sites is 1. The van der Waals surface area contributed by atoms with E-state index in [-0.39, 0.29) is 42.8 Å². The molecule has 0 saturated carbocycles. The Morgan fingerprint density at radius 3 is 2.34 bits per heavy atom. The minimum absolute atomic E-state index is 0. The van der Waals surface area contributed by atoms with E-state index in [1.54, 1.807) is 84.4 Å². The third-order valence-electron chi connectivity index (χ3n) is 7.59. The third kappa shape index (κ3) is 11.4. The minimum Gasteiger partial charge on any atom is -0.481 e. The van der Waals surface area contributed by atoms with Crippen molar-refractivity contribution in [2.75, 3.05) is 34.3 Å². The molecular formula is C36H54N4O7. The fourth-order valence-corrected chi connectivity index (χ4v) is 5.37. The second-order valence-electron chi connectivity index (χ2n) is 13.3. The maximum absolute atomic E-state index is 14.1. The van der Waals surface area contributed by atoms with E-state index >= 15 is 0 Å². The molecule has 47 heavy (non-hydrogen) atoms. The van der Waals surface area contributed by atoms with E-state index in [0.717, 1.165) is 5.57 Å². The Labute approximate surface area is 281 Å². The predicted molar refractivity (Wildman–Crippen MR) is 184 cm³/mol. The highest BCUT2D eigenvalue weighted by atomic mass is 16.6. The van der Waals surface area contributed by atoms with E-state index in [4.69, 9.17) is 9.47 Å². The van der Waals surface area contributed by atoms with Gasteiger partial charge in [-0.05, 0) is 63.7 Å². The van der Waals surface area contributed by atoms with Crippen molar-refractivity contribution in [1.82, 2.24) is 20.0 Å². The summed E-state index contributed by atoms with van der Waals surface area (Å²) in [4.78, 5) is 71.4. The molecule has 1 fully saturated rings. The highest BCUT2D eigenvalue weighted by molar-refractivity contribution is 6.00. The molecule has 1 saturated heterocycles. The average molecular weight is 655 g/mol. The summed E-state index contributed by atoms with van der Waals surface area (Å²) in [6, 6.07) is 3.91. The van der Waals surface area contributed by atoms with Gasteiger partial charge in [-0.2, -0.15) is 0 Å². The number of benzene rings is 1. The summed E-state index contributed by atoms with van der Waals surface area (Å²) in [6.07, 6.45) is 6.56. The Kier molecular flexibility index (Phi) is 14.4. The van der Waals surface area contributed by atoms with Gasteiger partial charge in [-0.25, -0.2) is 4.79 Å². The number of likely N-dealkylation sites (N-methyl/N-ethyl adjacent to an activating group) is 2. The zero-order valence-corrected chi connectivity index (χ0v) is 29.2. The summed E-state index contributed by atoms with van der Waals surface area (Å²) < 4.78 is 10.9. The molecule has 4 amide bonds. The number of nitrogens with zero attached hydrogens (tertiary/aromatic N) is 3. The van der Waals surface area contributed by atoms with Crippen molar-refractivity contribution >= 4 is 29.6 Å². The number of rotatable bonds is 15. The van der Waals surface area contributed by atoms with Crippen molar-refractivity contribution in [3.63, 3.8) is 0 Å². The number of carbonyl (C=O) groups excluding carboxylic acids is 5. The van der Waals surface area contributed by atoms with E-state index < -0.39 is 42.2 Å². The zero-order valence-electron chi connectivity index (χ0n) is 29.2. The number of allylic oxidation sites excluding steroid dienone is 3. The summed E-state index contributed by atoms with van der Waals surface area (Å²) in [5.74, 6) is -1.91. The van der Waals surface area contributed by atoms with Crippen LogP contribution in [0, 0.1) is 5.92 Å². The highest BCUT2D eigenvalue weighted by Gasteiger charge is 2.41. The summed E-state index contributed by atoms with van der Waals surface area (Å²) in [6.45, 7) is 16.6. The van der Waals surface area contributed by atoms with Crippen LogP contribution in [0.15, 0.2) is 61.2 Å². The molecule has 260 valence electrons. The standard InChI is InChI=1S/C36H52N4O7.H2/c1-11-16-25(12-2)22-29(34(44)38(8)9)39(10)35(45)28-18-15-20-40(28)33(43)27(21-24(3)4)37-32(42)26-17-13-14-19-30(26)46-23-31(41)47-36(5,6)7;/h11-14,16-17,19,24,27-29H,1-2,15,18,20-23H2,3-10H3,(H,37,42);1H/b25-16+;/t27-,28-,29+;/m1./s1. The van der Waals surface area contributed by atoms with Gasteiger partial charge in [-0.15, -0.1) is 0 Å². The lowest BCUT2D eigenvalue weighted by molar-refractivity contribution is -0.157. The van der Waals surface area contributed by atoms with Crippen molar-refractivity contribution in [3.8, 4) is 5.75 Å². The number of nitrogens with one attached hydrogen (secondary N) is 1. The number of hydrogen-bond acceptors (Lipinski definition) is 7. The number of hydrogen-bond donors (Lipinski definition) is 1. The summed E-state index contributed by atoms with van der Waals surface area (Å²) >= 11 is 0. The summed E-state index contributed by atoms with van der Waals surface area (Å²) in [5, 5.41) is 2.86. The van der Waals surface area contributed by atoms with Crippen molar-refractivity contribution in [2.45, 2.75) is 84.0 Å². The number of carbonyl (C=O) groups is 5. The maximum atomic E-state index is 14.1. The largest absolute Gasteiger partial charge is 0.481 e. The van der Waals surface area contributed by atoms with Crippen molar-refractivity contribution in [3.05, 3.63) is 66.8 Å². The molecule has 1 aromatic carbocycles. The minimum atomic E-state index is -0.929. The number of likely N-dealkylation sites (tertiary alicyclic amines) is 1. The first kappa shape index (κ1) is 38.8. The maximum Gasteiger partial charge on any atom is 0.344 e. The van der Waals surface area contributed by atoms with Crippen LogP contribution < -0.4 is 10.1 Å². The molecule has 0 aliphatic carbocycles. The van der Waals surface area contributed by atoms with E-state index in [9.17, 15) is 24.0 Å². The lowest BCUT2D eigenvalue weighted by atomic mass is 10.0. The Morgan fingerprint density at radius 2 is 1.77 bits per heavy atom. The fourth-order valence-electron chi connectivity index (χ4n) is 5.37. The SMILES string of the molecule is C=C/C=C(\C=C)C[C@@H](C(=O)N(C)C)N(C)C(=O)[C@H]1CCCN1C(=O)[C@@H](CC(C)C)NC(=O)c1ccccc1OCC(=O)OC(C)(C)C.[HH]. The van der Waals surface area contributed by atoms with Gasteiger partial charge in [0, 0.05) is 35.5 Å². The molecule has 11 nitrogen and oxygen atoms in total. The van der Waals surface area contributed by atoms with Crippen molar-refractivity contribution in [2.24, 2.45) is 5.92 Å². The molecule has 1 aromatic rings. The van der Waals surface area contributed by atoms with Crippen molar-refractivity contribution < 1.29 is 34.9 Å². The molecule has 2 rings (SSSR count). The molecular weight excluding hydrogens is 600 g/mol. The molecule has 0 unspecified atom stereocenters. The van der Waals surface area contributed by atoms with Gasteiger partial charge >= 0.3 is 5.97 Å². The highest BCUT2D eigenvalue weighted by Crippen LogP contribution is 2.25. The lowest BCUT2D eigenvalue weighted by Crippen LogP contribution is -2.56. The van der Waals surface area contributed by atoms with Crippen LogP contribution in [0.2, 0.25) is 0 Å². The monoisotopic (exact) mass is 654 g/mol. The Bertz CT molecular complexity index is 1350. The van der Waals surface area contributed by atoms with Gasteiger partial charge in [0.25, 0.3) is 5.91 Å². The molecule has 1 heterocycles. The van der Waals surface area contributed by atoms with E-state index in [0.29, 0.717) is 25.8 Å². The van der Waals surface area contributed by atoms with Gasteiger partial charge < -0.3 is 29.5 Å². The fraction of sp³-hybridized carbons (Fsp3) is 0.528. The summed E-state index contributed by atoms with van der Waals surface area (Å²) in [7, 11) is 4.83. The molecule has 0 spiro atoms. The molecule has 1 aliphatic heterocycles. The van der Waals surface area contributed by atoms with Gasteiger partial charge in [0.2, 0.25) is 17.7 Å². The van der Waals surface area contributed by atoms with Crippen molar-refractivity contribution in [1.29, 1.82) is 0 Å². The van der Waals surface area contributed by atoms with E-state index in [2.05, 4.69) is 18.5 Å². The lowest BCUT2D eigenvalue weighted by Gasteiger charge is -2.35. The number of esters is 1. The van der Waals surface area contributed by atoms with Crippen LogP contribution in [0.4, 0.5) is 0 Å². The quantitative estimate of drug-likeness (QED) is 0.220. The number of ether oxygens (including phenoxy) is 2. The Morgan fingerprint density at radius 1 is 1.11 bits per heavy atom. The molecule has 1 N–H and O–H groups in total. The third-order valence-corrected chi connectivity index (χ3v) is 7.59. The smallest absolute Gasteiger partial charge is 0.344 e. The van der Waals surface area contributed by atoms with Crippen LogP contribution in [0.5, 0.6) is 5.75 Å². The van der Waals surface area contributed by atoms with Crippen LogP contribution in [-0.2, 0) is 23.9 Å². The Balaban J connectivity index is 0.0000115. The van der Waals surface area contributed by atoms with E-state index in [1.807, 2.05) is 13.8 Å². The Hall–Kier alpha value is -4.41. The number of amides is 4. The van der Waals surface area contributed by atoms with Crippen LogP contribution in [0.1, 0.15) is 72.1 Å². The van der Waals surface area contributed by atoms with E-state index in [1.165, 1.54) is 14.7 Å². The van der Waals surface area contributed by atoms with Gasteiger partial charge in [-0.3, -0.25) is 19.2 Å². The molecule has 1 aliphatic rings. The predicted octanol–water partition coefficient (Wildman–Crippen LogP) is 4.39. The summed E-state index contributed by atoms with van der Waals surface area (Å²) in [5.41, 5.74) is 0.210. The van der Waals surface area contributed by atoms with Crippen LogP contribution >= 0.6 is 0 Å². The van der Waals surface area contributed by atoms with Gasteiger partial charge in [0.1, 0.15) is 29.5 Å². The molecule has 0 aromatic heterocycles. The van der Waals surface area contributed by atoms with Crippen LogP contribution in [-0.4, -0.2) is 102 Å². The first-order valence-corrected chi connectivity index (χ1v) is 16.0. The molecule has 0 bridgehead atoms. The first-order chi connectivity index (χ1) is 22.0.